The van der Waals surface area contributed by atoms with Crippen LogP contribution in [0.3, 0.4) is 0 Å². The van der Waals surface area contributed by atoms with Gasteiger partial charge in [0.15, 0.2) is 5.82 Å². The molecule has 2 aromatic rings. The van der Waals surface area contributed by atoms with Crippen LogP contribution in [0.15, 0.2) is 22.0 Å². The Hall–Kier alpha value is -1.89. The molecule has 7 heteroatoms. The lowest BCUT2D eigenvalue weighted by Crippen LogP contribution is -2.38. The summed E-state index contributed by atoms with van der Waals surface area (Å²) in [4.78, 5) is 19.0. The summed E-state index contributed by atoms with van der Waals surface area (Å²) >= 11 is 1.57. The van der Waals surface area contributed by atoms with Gasteiger partial charge in [-0.15, -0.1) is 11.3 Å². The van der Waals surface area contributed by atoms with Crippen molar-refractivity contribution in [1.29, 1.82) is 0 Å². The van der Waals surface area contributed by atoms with E-state index in [1.165, 1.54) is 0 Å². The van der Waals surface area contributed by atoms with Crippen molar-refractivity contribution in [2.45, 2.75) is 19.3 Å². The lowest BCUT2D eigenvalue weighted by molar-refractivity contribution is 0.208. The number of aromatic nitrogens is 2. The highest BCUT2D eigenvalue weighted by Crippen LogP contribution is 2.28. The fourth-order valence-electron chi connectivity index (χ4n) is 2.32. The molecule has 1 N–H and O–H groups in total. The number of rotatable bonds is 3. The Labute approximate surface area is 120 Å². The maximum absolute atomic E-state index is 11.8. The van der Waals surface area contributed by atoms with Gasteiger partial charge in [0.2, 0.25) is 0 Å². The van der Waals surface area contributed by atoms with E-state index < -0.39 is 0 Å². The third-order valence-corrected chi connectivity index (χ3v) is 4.20. The van der Waals surface area contributed by atoms with Crippen LogP contribution in [-0.2, 0) is 0 Å². The van der Waals surface area contributed by atoms with Gasteiger partial charge in [0, 0.05) is 25.6 Å². The number of urea groups is 1. The molecule has 106 valence electrons. The molecule has 0 spiro atoms. The molecule has 0 saturated carbocycles. The number of nitrogens with zero attached hydrogens (tertiary/aromatic N) is 3. The zero-order valence-corrected chi connectivity index (χ0v) is 12.0. The molecule has 2 amide bonds. The summed E-state index contributed by atoms with van der Waals surface area (Å²) in [6, 6.07) is 3.89. The average Bonchev–Trinajstić information content (AvgIpc) is 3.19. The topological polar surface area (TPSA) is 71.3 Å². The zero-order valence-electron chi connectivity index (χ0n) is 11.2. The van der Waals surface area contributed by atoms with Crippen molar-refractivity contribution in [2.75, 3.05) is 19.6 Å². The monoisotopic (exact) mass is 292 g/mol. The van der Waals surface area contributed by atoms with Gasteiger partial charge in [-0.1, -0.05) is 11.2 Å². The van der Waals surface area contributed by atoms with Crippen molar-refractivity contribution >= 4 is 17.4 Å². The standard InChI is InChI=1S/C13H16N4O2S/c1-2-14-13(18)17-6-5-9(8-17)11-15-12(19-16-11)10-4-3-7-20-10/h3-4,7,9H,2,5-6,8H2,1H3,(H,14,18). The van der Waals surface area contributed by atoms with Crippen molar-refractivity contribution in [3.8, 4) is 10.8 Å². The summed E-state index contributed by atoms with van der Waals surface area (Å²) < 4.78 is 5.29. The molecule has 0 aliphatic carbocycles. The van der Waals surface area contributed by atoms with Gasteiger partial charge in [0.25, 0.3) is 5.89 Å². The first-order valence-electron chi connectivity index (χ1n) is 6.68. The Kier molecular flexibility index (Phi) is 3.68. The minimum absolute atomic E-state index is 0.0167. The maximum Gasteiger partial charge on any atom is 0.317 e. The molecular weight excluding hydrogens is 276 g/mol. The van der Waals surface area contributed by atoms with Crippen LogP contribution in [0, 0.1) is 0 Å². The molecule has 1 saturated heterocycles. The van der Waals surface area contributed by atoms with E-state index in [0.717, 1.165) is 17.8 Å². The summed E-state index contributed by atoms with van der Waals surface area (Å²) in [6.07, 6.45) is 0.876. The number of likely N-dealkylation sites (tertiary alicyclic amines) is 1. The van der Waals surface area contributed by atoms with Crippen molar-refractivity contribution < 1.29 is 9.32 Å². The van der Waals surface area contributed by atoms with Crippen LogP contribution in [-0.4, -0.2) is 40.7 Å². The number of amides is 2. The summed E-state index contributed by atoms with van der Waals surface area (Å²) in [5, 5.41) is 8.85. The largest absolute Gasteiger partial charge is 0.338 e. The fourth-order valence-corrected chi connectivity index (χ4v) is 2.96. The van der Waals surface area contributed by atoms with Crippen molar-refractivity contribution in [3.63, 3.8) is 0 Å². The highest BCUT2D eigenvalue weighted by atomic mass is 32.1. The van der Waals surface area contributed by atoms with E-state index in [4.69, 9.17) is 4.52 Å². The second-order valence-electron chi connectivity index (χ2n) is 4.70. The van der Waals surface area contributed by atoms with E-state index in [-0.39, 0.29) is 11.9 Å². The van der Waals surface area contributed by atoms with Gasteiger partial charge in [-0.25, -0.2) is 4.79 Å². The summed E-state index contributed by atoms with van der Waals surface area (Å²) in [5.74, 6) is 1.42. The second kappa shape index (κ2) is 5.62. The quantitative estimate of drug-likeness (QED) is 0.942. The maximum atomic E-state index is 11.8. The van der Waals surface area contributed by atoms with E-state index in [9.17, 15) is 4.79 Å². The molecule has 1 atom stereocenters. The number of hydrogen-bond acceptors (Lipinski definition) is 5. The Morgan fingerprint density at radius 1 is 1.65 bits per heavy atom. The highest BCUT2D eigenvalue weighted by molar-refractivity contribution is 7.13. The van der Waals surface area contributed by atoms with Crippen LogP contribution in [0.2, 0.25) is 0 Å². The van der Waals surface area contributed by atoms with Gasteiger partial charge in [-0.05, 0) is 24.8 Å². The van der Waals surface area contributed by atoms with Gasteiger partial charge in [-0.3, -0.25) is 0 Å². The highest BCUT2D eigenvalue weighted by Gasteiger charge is 2.30. The molecule has 0 bridgehead atoms. The minimum atomic E-state index is -0.0167. The minimum Gasteiger partial charge on any atom is -0.338 e. The first-order valence-corrected chi connectivity index (χ1v) is 7.56. The van der Waals surface area contributed by atoms with E-state index in [1.54, 1.807) is 16.2 Å². The van der Waals surface area contributed by atoms with Crippen LogP contribution >= 0.6 is 11.3 Å². The van der Waals surface area contributed by atoms with Crippen LogP contribution in [0.25, 0.3) is 10.8 Å². The van der Waals surface area contributed by atoms with Gasteiger partial charge in [-0.2, -0.15) is 4.98 Å². The fraction of sp³-hybridized carbons (Fsp3) is 0.462. The van der Waals surface area contributed by atoms with Crippen LogP contribution in [0.4, 0.5) is 4.79 Å². The SMILES string of the molecule is CCNC(=O)N1CCC(c2noc(-c3cccs3)n2)C1. The average molecular weight is 292 g/mol. The predicted molar refractivity (Wildman–Crippen MR) is 75.6 cm³/mol. The van der Waals surface area contributed by atoms with Crippen molar-refractivity contribution in [3.05, 3.63) is 23.3 Å². The molecule has 0 radical (unpaired) electrons. The number of hydrogen-bond donors (Lipinski definition) is 1. The molecule has 3 rings (SSSR count). The van der Waals surface area contributed by atoms with Gasteiger partial charge in [0.1, 0.15) is 0 Å². The Morgan fingerprint density at radius 3 is 3.30 bits per heavy atom. The Morgan fingerprint density at radius 2 is 2.55 bits per heavy atom. The first-order chi connectivity index (χ1) is 9.78. The Bertz CT molecular complexity index is 581. The Balaban J connectivity index is 1.68. The molecule has 2 aromatic heterocycles. The van der Waals surface area contributed by atoms with E-state index in [1.807, 2.05) is 24.4 Å². The smallest absolute Gasteiger partial charge is 0.317 e. The van der Waals surface area contributed by atoms with Gasteiger partial charge in [0.05, 0.1) is 4.88 Å². The second-order valence-corrected chi connectivity index (χ2v) is 5.65. The van der Waals surface area contributed by atoms with Gasteiger partial charge < -0.3 is 14.7 Å². The van der Waals surface area contributed by atoms with Crippen molar-refractivity contribution in [2.24, 2.45) is 0 Å². The summed E-state index contributed by atoms with van der Waals surface area (Å²) in [5.41, 5.74) is 0. The zero-order chi connectivity index (χ0) is 13.9. The van der Waals surface area contributed by atoms with Crippen molar-refractivity contribution in [1.82, 2.24) is 20.4 Å². The first kappa shape index (κ1) is 13.1. The van der Waals surface area contributed by atoms with Crippen LogP contribution in [0.5, 0.6) is 0 Å². The van der Waals surface area contributed by atoms with E-state index >= 15 is 0 Å². The van der Waals surface area contributed by atoms with Gasteiger partial charge >= 0.3 is 6.03 Å². The third-order valence-electron chi connectivity index (χ3n) is 3.34. The predicted octanol–water partition coefficient (Wildman–Crippen LogP) is 2.32. The number of carbonyl (C=O) groups excluding carboxylic acids is 1. The molecular formula is C13H16N4O2S. The summed E-state index contributed by atoms with van der Waals surface area (Å²) in [7, 11) is 0. The van der Waals surface area contributed by atoms with E-state index in [0.29, 0.717) is 24.8 Å². The number of nitrogens with one attached hydrogen (secondary N) is 1. The lowest BCUT2D eigenvalue weighted by atomic mass is 10.1. The molecule has 0 aromatic carbocycles. The third kappa shape index (κ3) is 2.53. The molecule has 1 aliphatic rings. The van der Waals surface area contributed by atoms with E-state index in [2.05, 4.69) is 15.5 Å². The molecule has 1 aliphatic heterocycles. The molecule has 1 fully saturated rings. The normalized spacial score (nSPS) is 18.4. The summed E-state index contributed by atoms with van der Waals surface area (Å²) in [6.45, 7) is 3.94. The number of thiophene rings is 1. The molecule has 20 heavy (non-hydrogen) atoms. The molecule has 3 heterocycles. The number of carbonyl (C=O) groups is 1. The molecule has 1 unspecified atom stereocenters. The molecule has 6 nitrogen and oxygen atoms in total. The van der Waals surface area contributed by atoms with Crippen LogP contribution in [0.1, 0.15) is 25.1 Å². The van der Waals surface area contributed by atoms with Crippen LogP contribution < -0.4 is 5.32 Å². The lowest BCUT2D eigenvalue weighted by Gasteiger charge is -2.15.